The summed E-state index contributed by atoms with van der Waals surface area (Å²) in [5.74, 6) is 0.835. The Balaban J connectivity index is 1.87. The van der Waals surface area contributed by atoms with Crippen LogP contribution < -0.4 is 10.3 Å². The molecule has 192 valence electrons. The largest absolute Gasteiger partial charge is 0.497 e. The van der Waals surface area contributed by atoms with E-state index in [1.165, 1.54) is 0 Å². The van der Waals surface area contributed by atoms with Crippen molar-refractivity contribution in [3.8, 4) is 11.4 Å². The minimum Gasteiger partial charge on any atom is -0.497 e. The fourth-order valence-electron chi connectivity index (χ4n) is 4.20. The van der Waals surface area contributed by atoms with Gasteiger partial charge >= 0.3 is 0 Å². The number of amides is 1. The van der Waals surface area contributed by atoms with Crippen molar-refractivity contribution in [2.24, 2.45) is 0 Å². The highest BCUT2D eigenvalue weighted by Gasteiger charge is 2.28. The molecule has 0 saturated carbocycles. The minimum atomic E-state index is -0.571. The Morgan fingerprint density at radius 1 is 1.03 bits per heavy atom. The minimum absolute atomic E-state index is 0.226. The average molecular weight is 540 g/mol. The summed E-state index contributed by atoms with van der Waals surface area (Å²) in [6.45, 7) is 2.70. The van der Waals surface area contributed by atoms with Crippen LogP contribution in [0.1, 0.15) is 35.6 Å². The van der Waals surface area contributed by atoms with Gasteiger partial charge < -0.3 is 14.4 Å². The van der Waals surface area contributed by atoms with Crippen molar-refractivity contribution in [2.45, 2.75) is 19.4 Å². The normalized spacial score (nSPS) is 11.9. The third kappa shape index (κ3) is 5.64. The standard InChI is InChI=1S/C28H27Cl2N3O4/c1-18(32(15-6-16-36-2)27(34)19-9-14-23(29)24(30)17-19)26-31-25-8-5-4-7-22(25)28(35)33(26)20-10-12-21(37-3)13-11-20/h4-5,7-14,17-18H,6,15-16H2,1-3H3. The second kappa shape index (κ2) is 11.8. The van der Waals surface area contributed by atoms with Crippen LogP contribution in [0.3, 0.4) is 0 Å². The van der Waals surface area contributed by atoms with E-state index in [4.69, 9.17) is 37.7 Å². The van der Waals surface area contributed by atoms with E-state index in [2.05, 4.69) is 0 Å². The molecule has 1 aromatic heterocycles. The van der Waals surface area contributed by atoms with E-state index in [9.17, 15) is 9.59 Å². The number of fused-ring (bicyclic) bond motifs is 1. The molecule has 0 bridgehead atoms. The first-order valence-corrected chi connectivity index (χ1v) is 12.5. The summed E-state index contributed by atoms with van der Waals surface area (Å²) in [6.07, 6.45) is 0.592. The molecule has 7 nitrogen and oxygen atoms in total. The van der Waals surface area contributed by atoms with Gasteiger partial charge in [-0.15, -0.1) is 0 Å². The van der Waals surface area contributed by atoms with Gasteiger partial charge in [0.2, 0.25) is 0 Å². The lowest BCUT2D eigenvalue weighted by Crippen LogP contribution is -2.38. The molecule has 1 atom stereocenters. The van der Waals surface area contributed by atoms with Crippen molar-refractivity contribution in [3.63, 3.8) is 0 Å². The maximum Gasteiger partial charge on any atom is 0.266 e. The van der Waals surface area contributed by atoms with Crippen molar-refractivity contribution < 1.29 is 14.3 Å². The molecule has 0 radical (unpaired) electrons. The summed E-state index contributed by atoms with van der Waals surface area (Å²) >= 11 is 12.3. The number of ether oxygens (including phenoxy) is 2. The fourth-order valence-corrected chi connectivity index (χ4v) is 4.49. The summed E-state index contributed by atoms with van der Waals surface area (Å²) < 4.78 is 12.1. The number of halogens is 2. The number of methoxy groups -OCH3 is 2. The van der Waals surface area contributed by atoms with Gasteiger partial charge in [0.1, 0.15) is 11.6 Å². The monoisotopic (exact) mass is 539 g/mol. The van der Waals surface area contributed by atoms with E-state index >= 15 is 0 Å². The second-order valence-electron chi connectivity index (χ2n) is 8.48. The Hall–Kier alpha value is -3.39. The molecule has 1 amide bonds. The predicted octanol–water partition coefficient (Wildman–Crippen LogP) is 5.94. The summed E-state index contributed by atoms with van der Waals surface area (Å²) in [7, 11) is 3.19. The molecular weight excluding hydrogens is 513 g/mol. The van der Waals surface area contributed by atoms with Crippen LogP contribution in [0.25, 0.3) is 16.6 Å². The first kappa shape index (κ1) is 26.7. The number of benzene rings is 3. The van der Waals surface area contributed by atoms with Crippen molar-refractivity contribution in [2.75, 3.05) is 27.4 Å². The smallest absolute Gasteiger partial charge is 0.266 e. The Labute approximate surface area is 225 Å². The number of nitrogens with zero attached hydrogens (tertiary/aromatic N) is 3. The van der Waals surface area contributed by atoms with E-state index in [0.717, 1.165) is 0 Å². The number of carbonyl (C=O) groups is 1. The van der Waals surface area contributed by atoms with Crippen LogP contribution in [0.15, 0.2) is 71.5 Å². The zero-order valence-electron chi connectivity index (χ0n) is 20.8. The van der Waals surface area contributed by atoms with Crippen LogP contribution in [-0.4, -0.2) is 47.7 Å². The molecule has 0 saturated heterocycles. The molecule has 4 aromatic rings. The van der Waals surface area contributed by atoms with Crippen molar-refractivity contribution in [3.05, 3.63) is 98.5 Å². The van der Waals surface area contributed by atoms with Crippen LogP contribution in [-0.2, 0) is 4.74 Å². The SMILES string of the molecule is COCCCN(C(=O)c1ccc(Cl)c(Cl)c1)C(C)c1nc2ccccc2c(=O)n1-c1ccc(OC)cc1. The molecule has 0 aliphatic carbocycles. The van der Waals surface area contributed by atoms with Crippen LogP contribution >= 0.6 is 23.2 Å². The highest BCUT2D eigenvalue weighted by molar-refractivity contribution is 6.42. The van der Waals surface area contributed by atoms with Crippen molar-refractivity contribution in [1.29, 1.82) is 0 Å². The number of rotatable bonds is 9. The summed E-state index contributed by atoms with van der Waals surface area (Å²) in [6, 6.07) is 18.5. The average Bonchev–Trinajstić information content (AvgIpc) is 2.92. The van der Waals surface area contributed by atoms with Gasteiger partial charge in [0, 0.05) is 25.8 Å². The third-order valence-electron chi connectivity index (χ3n) is 6.15. The quantitative estimate of drug-likeness (QED) is 0.246. The summed E-state index contributed by atoms with van der Waals surface area (Å²) in [4.78, 5) is 34.0. The molecule has 1 unspecified atom stereocenters. The molecule has 0 aliphatic rings. The molecule has 3 aromatic carbocycles. The first-order chi connectivity index (χ1) is 17.8. The van der Waals surface area contributed by atoms with Crippen LogP contribution in [0.5, 0.6) is 5.75 Å². The topological polar surface area (TPSA) is 73.7 Å². The van der Waals surface area contributed by atoms with Gasteiger partial charge in [-0.05, 0) is 67.9 Å². The molecule has 4 rings (SSSR count). The lowest BCUT2D eigenvalue weighted by atomic mass is 10.1. The molecule has 37 heavy (non-hydrogen) atoms. The molecule has 0 spiro atoms. The zero-order valence-corrected chi connectivity index (χ0v) is 22.3. The van der Waals surface area contributed by atoms with Crippen LogP contribution in [0, 0.1) is 0 Å². The van der Waals surface area contributed by atoms with Gasteiger partial charge in [-0.3, -0.25) is 14.2 Å². The van der Waals surface area contributed by atoms with E-state index in [-0.39, 0.29) is 16.5 Å². The highest BCUT2D eigenvalue weighted by Crippen LogP contribution is 2.28. The van der Waals surface area contributed by atoms with Crippen molar-refractivity contribution in [1.82, 2.24) is 14.5 Å². The van der Waals surface area contributed by atoms with Crippen molar-refractivity contribution >= 4 is 40.0 Å². The first-order valence-electron chi connectivity index (χ1n) is 11.8. The maximum absolute atomic E-state index is 13.7. The lowest BCUT2D eigenvalue weighted by Gasteiger charge is -2.31. The number of aromatic nitrogens is 2. The Kier molecular flexibility index (Phi) is 8.48. The number of hydrogen-bond acceptors (Lipinski definition) is 5. The Bertz CT molecular complexity index is 1470. The van der Waals surface area contributed by atoms with E-state index < -0.39 is 6.04 Å². The Morgan fingerprint density at radius 3 is 2.43 bits per heavy atom. The van der Waals surface area contributed by atoms with Gasteiger partial charge in [-0.2, -0.15) is 0 Å². The molecule has 0 aliphatic heterocycles. The lowest BCUT2D eigenvalue weighted by molar-refractivity contribution is 0.0657. The van der Waals surface area contributed by atoms with E-state index in [0.29, 0.717) is 58.3 Å². The van der Waals surface area contributed by atoms with Crippen LogP contribution in [0.2, 0.25) is 10.0 Å². The highest BCUT2D eigenvalue weighted by atomic mass is 35.5. The molecule has 9 heteroatoms. The number of para-hydroxylation sites is 1. The Morgan fingerprint density at radius 2 is 1.76 bits per heavy atom. The van der Waals surface area contributed by atoms with Gasteiger partial charge in [-0.25, -0.2) is 4.98 Å². The van der Waals surface area contributed by atoms with Gasteiger partial charge in [0.15, 0.2) is 0 Å². The predicted molar refractivity (Wildman–Crippen MR) is 146 cm³/mol. The molecule has 0 fully saturated rings. The number of hydrogen-bond donors (Lipinski definition) is 0. The van der Waals surface area contributed by atoms with Gasteiger partial charge in [0.05, 0.1) is 39.8 Å². The summed E-state index contributed by atoms with van der Waals surface area (Å²) in [5, 5.41) is 1.13. The zero-order chi connectivity index (χ0) is 26.5. The van der Waals surface area contributed by atoms with Gasteiger partial charge in [-0.1, -0.05) is 35.3 Å². The molecule has 0 N–H and O–H groups in total. The van der Waals surface area contributed by atoms with Gasteiger partial charge in [0.25, 0.3) is 11.5 Å². The molecule has 1 heterocycles. The third-order valence-corrected chi connectivity index (χ3v) is 6.89. The maximum atomic E-state index is 13.7. The molecular formula is C28H27Cl2N3O4. The van der Waals surface area contributed by atoms with Crippen LogP contribution in [0.4, 0.5) is 0 Å². The van der Waals surface area contributed by atoms with E-state index in [1.807, 2.05) is 13.0 Å². The fraction of sp³-hybridized carbons (Fsp3) is 0.250. The van der Waals surface area contributed by atoms with E-state index in [1.54, 1.807) is 84.4 Å². The number of carbonyl (C=O) groups excluding carboxylic acids is 1. The summed E-state index contributed by atoms with van der Waals surface area (Å²) in [5.41, 5.74) is 1.33. The second-order valence-corrected chi connectivity index (χ2v) is 9.29.